The molecule has 0 saturated heterocycles. The lowest BCUT2D eigenvalue weighted by atomic mass is 10.1. The molecule has 0 spiro atoms. The molecule has 0 saturated carbocycles. The molecule has 160 valence electrons. The van der Waals surface area contributed by atoms with Crippen molar-refractivity contribution in [2.45, 2.75) is 0 Å². The van der Waals surface area contributed by atoms with Gasteiger partial charge < -0.3 is 9.72 Å². The molecule has 0 fully saturated rings. The van der Waals surface area contributed by atoms with Gasteiger partial charge in [0, 0.05) is 28.8 Å². The number of nitro benzene ring substituents is 1. The first-order chi connectivity index (χ1) is 16.2. The van der Waals surface area contributed by atoms with Crippen molar-refractivity contribution in [2.75, 3.05) is 0 Å². The van der Waals surface area contributed by atoms with Gasteiger partial charge in [-0.2, -0.15) is 0 Å². The second kappa shape index (κ2) is 8.80. The maximum atomic E-state index is 11.0. The van der Waals surface area contributed by atoms with Gasteiger partial charge in [0.1, 0.15) is 17.3 Å². The van der Waals surface area contributed by atoms with Crippen LogP contribution >= 0.6 is 0 Å². The van der Waals surface area contributed by atoms with Crippen LogP contribution in [0.2, 0.25) is 0 Å². The lowest BCUT2D eigenvalue weighted by Gasteiger charge is -2.07. The maximum absolute atomic E-state index is 11.0. The first kappa shape index (κ1) is 20.2. The zero-order valence-electron chi connectivity index (χ0n) is 17.5. The molecule has 4 aromatic carbocycles. The third kappa shape index (κ3) is 4.36. The van der Waals surface area contributed by atoms with Crippen molar-refractivity contribution in [3.8, 4) is 45.4 Å². The summed E-state index contributed by atoms with van der Waals surface area (Å²) in [7, 11) is 0. The van der Waals surface area contributed by atoms with Crippen molar-refractivity contribution >= 4 is 5.69 Å². The molecule has 5 aromatic rings. The Bertz CT molecular complexity index is 1380. The second-order valence-corrected chi connectivity index (χ2v) is 7.42. The molecule has 0 aliphatic carbocycles. The number of hydrogen-bond acceptors (Lipinski definition) is 4. The van der Waals surface area contributed by atoms with Gasteiger partial charge in [0.2, 0.25) is 0 Å². The summed E-state index contributed by atoms with van der Waals surface area (Å²) in [5.41, 5.74) is 4.41. The molecule has 5 rings (SSSR count). The molecule has 1 N–H and O–H groups in total. The van der Waals surface area contributed by atoms with E-state index in [0.29, 0.717) is 5.82 Å². The Morgan fingerprint density at radius 1 is 0.667 bits per heavy atom. The first-order valence-electron chi connectivity index (χ1n) is 10.4. The average molecular weight is 433 g/mol. The van der Waals surface area contributed by atoms with Crippen LogP contribution in [-0.4, -0.2) is 14.9 Å². The highest BCUT2D eigenvalue weighted by Crippen LogP contribution is 2.34. The Morgan fingerprint density at radius 3 is 1.88 bits per heavy atom. The Balaban J connectivity index is 1.52. The summed E-state index contributed by atoms with van der Waals surface area (Å²) in [5.74, 6) is 2.15. The monoisotopic (exact) mass is 433 g/mol. The van der Waals surface area contributed by atoms with Crippen molar-refractivity contribution in [1.29, 1.82) is 0 Å². The van der Waals surface area contributed by atoms with E-state index in [2.05, 4.69) is 4.98 Å². The second-order valence-electron chi connectivity index (χ2n) is 7.42. The van der Waals surface area contributed by atoms with Crippen LogP contribution in [0, 0.1) is 10.1 Å². The summed E-state index contributed by atoms with van der Waals surface area (Å²) in [6, 6.07) is 33.7. The Labute approximate surface area is 190 Å². The van der Waals surface area contributed by atoms with Crippen LogP contribution in [0.15, 0.2) is 109 Å². The van der Waals surface area contributed by atoms with E-state index in [0.717, 1.165) is 39.6 Å². The number of ether oxygens (including phenoxy) is 1. The highest BCUT2D eigenvalue weighted by Gasteiger charge is 2.16. The van der Waals surface area contributed by atoms with Crippen LogP contribution in [0.5, 0.6) is 11.5 Å². The van der Waals surface area contributed by atoms with E-state index < -0.39 is 4.92 Å². The summed E-state index contributed by atoms with van der Waals surface area (Å²) in [6.07, 6.45) is 0. The van der Waals surface area contributed by atoms with Crippen molar-refractivity contribution in [2.24, 2.45) is 0 Å². The van der Waals surface area contributed by atoms with Crippen molar-refractivity contribution in [3.05, 3.63) is 119 Å². The fraction of sp³-hybridized carbons (Fsp3) is 0. The number of non-ortho nitro benzene ring substituents is 1. The minimum atomic E-state index is -0.411. The molecule has 0 radical (unpaired) electrons. The van der Waals surface area contributed by atoms with Crippen LogP contribution in [0.4, 0.5) is 5.69 Å². The number of aromatic amines is 1. The molecule has 6 nitrogen and oxygen atoms in total. The van der Waals surface area contributed by atoms with Gasteiger partial charge in [-0.05, 0) is 48.5 Å². The molecule has 6 heteroatoms. The number of benzene rings is 4. The minimum absolute atomic E-state index is 0.0443. The standard InChI is InChI=1S/C27H19N3O3/c31-30(32)22-15-11-21(12-16-22)27-28-25(19-7-3-1-4-8-19)26(29-27)20-13-17-24(18-14-20)33-23-9-5-2-6-10-23/h1-18H,(H,28,29). The van der Waals surface area contributed by atoms with Crippen molar-refractivity contribution < 1.29 is 9.66 Å². The minimum Gasteiger partial charge on any atom is -0.457 e. The number of rotatable bonds is 6. The van der Waals surface area contributed by atoms with E-state index in [4.69, 9.17) is 9.72 Å². The van der Waals surface area contributed by atoms with Gasteiger partial charge in [-0.1, -0.05) is 48.5 Å². The van der Waals surface area contributed by atoms with E-state index in [1.54, 1.807) is 12.1 Å². The Morgan fingerprint density at radius 2 is 1.24 bits per heavy atom. The van der Waals surface area contributed by atoms with E-state index in [9.17, 15) is 10.1 Å². The van der Waals surface area contributed by atoms with Crippen LogP contribution in [0.25, 0.3) is 33.9 Å². The molecule has 0 bridgehead atoms. The number of imidazole rings is 1. The lowest BCUT2D eigenvalue weighted by Crippen LogP contribution is -1.88. The summed E-state index contributed by atoms with van der Waals surface area (Å²) in [4.78, 5) is 18.8. The van der Waals surface area contributed by atoms with Crippen molar-refractivity contribution in [3.63, 3.8) is 0 Å². The molecular formula is C27H19N3O3. The van der Waals surface area contributed by atoms with E-state index in [1.807, 2.05) is 84.9 Å². The molecule has 1 heterocycles. The van der Waals surface area contributed by atoms with Gasteiger partial charge >= 0.3 is 0 Å². The average Bonchev–Trinajstić information content (AvgIpc) is 3.31. The molecule has 0 aliphatic rings. The quantitative estimate of drug-likeness (QED) is 0.228. The first-order valence-corrected chi connectivity index (χ1v) is 10.4. The van der Waals surface area contributed by atoms with Gasteiger partial charge in [0.15, 0.2) is 0 Å². The number of nitrogens with zero attached hydrogens (tertiary/aromatic N) is 2. The zero-order chi connectivity index (χ0) is 22.6. The van der Waals surface area contributed by atoms with Crippen LogP contribution in [0.3, 0.4) is 0 Å². The molecule has 33 heavy (non-hydrogen) atoms. The third-order valence-electron chi connectivity index (χ3n) is 5.22. The number of H-pyrrole nitrogens is 1. The van der Waals surface area contributed by atoms with Gasteiger partial charge in [-0.3, -0.25) is 10.1 Å². The smallest absolute Gasteiger partial charge is 0.269 e. The SMILES string of the molecule is O=[N+]([O-])c1ccc(-c2nc(-c3ccccc3)c(-c3ccc(Oc4ccccc4)cc3)[nH]2)cc1. The molecule has 1 aromatic heterocycles. The fourth-order valence-corrected chi connectivity index (χ4v) is 3.58. The van der Waals surface area contributed by atoms with Gasteiger partial charge in [-0.15, -0.1) is 0 Å². The number of nitrogens with one attached hydrogen (secondary N) is 1. The molecular weight excluding hydrogens is 414 g/mol. The number of nitro groups is 1. The number of hydrogen-bond donors (Lipinski definition) is 1. The number of para-hydroxylation sites is 1. The van der Waals surface area contributed by atoms with Crippen LogP contribution < -0.4 is 4.74 Å². The highest BCUT2D eigenvalue weighted by molar-refractivity contribution is 5.81. The van der Waals surface area contributed by atoms with Crippen molar-refractivity contribution in [1.82, 2.24) is 9.97 Å². The summed E-state index contributed by atoms with van der Waals surface area (Å²) < 4.78 is 5.91. The predicted octanol–water partition coefficient (Wildman–Crippen LogP) is 7.11. The van der Waals surface area contributed by atoms with Crippen LogP contribution in [0.1, 0.15) is 0 Å². The van der Waals surface area contributed by atoms with Gasteiger partial charge in [0.05, 0.1) is 16.3 Å². The molecule has 0 aliphatic heterocycles. The van der Waals surface area contributed by atoms with E-state index in [-0.39, 0.29) is 5.69 Å². The normalized spacial score (nSPS) is 10.7. The van der Waals surface area contributed by atoms with Gasteiger partial charge in [0.25, 0.3) is 5.69 Å². The van der Waals surface area contributed by atoms with E-state index in [1.165, 1.54) is 12.1 Å². The number of aromatic nitrogens is 2. The topological polar surface area (TPSA) is 81.1 Å². The van der Waals surface area contributed by atoms with Gasteiger partial charge in [-0.25, -0.2) is 4.98 Å². The van der Waals surface area contributed by atoms with E-state index >= 15 is 0 Å². The fourth-order valence-electron chi connectivity index (χ4n) is 3.58. The summed E-state index contributed by atoms with van der Waals surface area (Å²) in [6.45, 7) is 0. The van der Waals surface area contributed by atoms with Crippen LogP contribution in [-0.2, 0) is 0 Å². The highest BCUT2D eigenvalue weighted by atomic mass is 16.6. The molecule has 0 amide bonds. The molecule has 0 atom stereocenters. The predicted molar refractivity (Wildman–Crippen MR) is 128 cm³/mol. The summed E-state index contributed by atoms with van der Waals surface area (Å²) >= 11 is 0. The Kier molecular flexibility index (Phi) is 5.39. The summed E-state index contributed by atoms with van der Waals surface area (Å²) in [5, 5.41) is 11.0. The molecule has 0 unspecified atom stereocenters. The maximum Gasteiger partial charge on any atom is 0.269 e. The zero-order valence-corrected chi connectivity index (χ0v) is 17.5. The Hall–Kier alpha value is -4.71. The lowest BCUT2D eigenvalue weighted by molar-refractivity contribution is -0.384. The third-order valence-corrected chi connectivity index (χ3v) is 5.22. The largest absolute Gasteiger partial charge is 0.457 e.